The molecule has 15 nitrogen and oxygen atoms in total. The maximum Gasteiger partial charge on any atom is 0.349 e. The number of benzene rings is 2. The number of carboxylic acid groups (broad SMARTS) is 1. The lowest BCUT2D eigenvalue weighted by atomic mass is 10.1. The van der Waals surface area contributed by atoms with E-state index in [1.807, 2.05) is 0 Å². The van der Waals surface area contributed by atoms with Gasteiger partial charge in [-0.05, 0) is 47.9 Å². The Morgan fingerprint density at radius 1 is 0.955 bits per heavy atom. The molecule has 0 unspecified atom stereocenters. The highest BCUT2D eigenvalue weighted by atomic mass is 19.1. The normalized spacial score (nSPS) is 11.0. The van der Waals surface area contributed by atoms with Crippen molar-refractivity contribution in [1.29, 1.82) is 0 Å². The van der Waals surface area contributed by atoms with Gasteiger partial charge in [-0.1, -0.05) is 18.2 Å². The third-order valence-corrected chi connectivity index (χ3v) is 6.80. The Balaban J connectivity index is 1.30. The van der Waals surface area contributed by atoms with Crippen LogP contribution in [0.25, 0.3) is 5.78 Å². The second kappa shape index (κ2) is 11.6. The Morgan fingerprint density at radius 3 is 2.32 bits per heavy atom. The molecule has 2 heterocycles. The van der Waals surface area contributed by atoms with E-state index in [1.165, 1.54) is 18.2 Å². The van der Waals surface area contributed by atoms with Gasteiger partial charge in [0, 0.05) is 25.2 Å². The SMILES string of the molecule is Cc1cc(CNC(=O)c2cc(C(=O)NCc3ccc(F)c(CNc4c(N)c(=O)c4=O)c3)n3c(=O)[nH]nc3n2)ccc1C(=O)O. The number of hydrogen-bond acceptors (Lipinski definition) is 10. The standard InChI is InChI=1S/C28H23FN8O7/c1-12-6-13(2-4-16(12)26(42)43)9-32-24(40)18-8-19(37-27(34-18)35-36-28(37)44)25(41)33-10-14-3-5-17(29)15(7-14)11-31-21-20(30)22(38)23(21)39/h2-8,31H,9-11,30H2,1H3,(H,32,40)(H,33,41)(H,36,44)(H,42,43). The molecule has 5 aromatic rings. The van der Waals surface area contributed by atoms with Gasteiger partial charge in [0.2, 0.25) is 0 Å². The predicted octanol–water partition coefficient (Wildman–Crippen LogP) is 0.214. The number of aromatic nitrogens is 4. The summed E-state index contributed by atoms with van der Waals surface area (Å²) in [5.74, 6) is -3.36. The summed E-state index contributed by atoms with van der Waals surface area (Å²) in [6, 6.07) is 9.71. The number of halogens is 1. The molecule has 2 aromatic heterocycles. The first-order valence-corrected chi connectivity index (χ1v) is 12.9. The van der Waals surface area contributed by atoms with Crippen LogP contribution < -0.4 is 38.2 Å². The summed E-state index contributed by atoms with van der Waals surface area (Å²) in [6.07, 6.45) is 0. The third kappa shape index (κ3) is 5.63. The molecule has 0 aliphatic rings. The molecule has 2 amide bonds. The lowest BCUT2D eigenvalue weighted by Gasteiger charge is -2.12. The molecule has 44 heavy (non-hydrogen) atoms. The van der Waals surface area contributed by atoms with E-state index in [4.69, 9.17) is 5.73 Å². The summed E-state index contributed by atoms with van der Waals surface area (Å²) < 4.78 is 15.3. The molecule has 0 fully saturated rings. The fraction of sp³-hybridized carbons (Fsp3) is 0.143. The number of nitrogens with two attached hydrogens (primary N) is 1. The molecule has 3 aromatic carbocycles. The highest BCUT2D eigenvalue weighted by Crippen LogP contribution is 2.16. The van der Waals surface area contributed by atoms with Crippen molar-refractivity contribution in [3.05, 3.63) is 118 Å². The zero-order valence-electron chi connectivity index (χ0n) is 22.9. The summed E-state index contributed by atoms with van der Waals surface area (Å²) >= 11 is 0. The van der Waals surface area contributed by atoms with Crippen LogP contribution in [0, 0.1) is 12.7 Å². The second-order valence-corrected chi connectivity index (χ2v) is 9.74. The molecule has 5 rings (SSSR count). The maximum absolute atomic E-state index is 14.4. The van der Waals surface area contributed by atoms with Crippen LogP contribution in [0.15, 0.2) is 56.8 Å². The zero-order chi connectivity index (χ0) is 31.7. The van der Waals surface area contributed by atoms with Crippen LogP contribution in [0.3, 0.4) is 0 Å². The van der Waals surface area contributed by atoms with Crippen molar-refractivity contribution in [2.45, 2.75) is 26.6 Å². The van der Waals surface area contributed by atoms with Crippen LogP contribution in [0.4, 0.5) is 15.8 Å². The van der Waals surface area contributed by atoms with E-state index in [0.717, 1.165) is 16.5 Å². The molecule has 0 bridgehead atoms. The number of nitrogens with one attached hydrogen (secondary N) is 4. The number of carboxylic acids is 1. The zero-order valence-corrected chi connectivity index (χ0v) is 22.9. The fourth-order valence-corrected chi connectivity index (χ4v) is 4.46. The van der Waals surface area contributed by atoms with E-state index >= 15 is 0 Å². The lowest BCUT2D eigenvalue weighted by molar-refractivity contribution is 0.0695. The van der Waals surface area contributed by atoms with Crippen molar-refractivity contribution in [2.75, 3.05) is 11.1 Å². The number of aryl methyl sites for hydroxylation is 1. The largest absolute Gasteiger partial charge is 0.478 e. The van der Waals surface area contributed by atoms with E-state index in [2.05, 4.69) is 31.1 Å². The van der Waals surface area contributed by atoms with Gasteiger partial charge in [-0.3, -0.25) is 19.2 Å². The van der Waals surface area contributed by atoms with Crippen LogP contribution in [-0.2, 0) is 19.6 Å². The number of anilines is 2. The molecular formula is C28H23FN8O7. The average Bonchev–Trinajstić information content (AvgIpc) is 3.39. The minimum Gasteiger partial charge on any atom is -0.478 e. The molecular weight excluding hydrogens is 579 g/mol. The van der Waals surface area contributed by atoms with Gasteiger partial charge in [-0.25, -0.2) is 28.5 Å². The Hall–Kier alpha value is -6.19. The first-order chi connectivity index (χ1) is 20.9. The third-order valence-electron chi connectivity index (χ3n) is 6.80. The van der Waals surface area contributed by atoms with Crippen molar-refractivity contribution < 1.29 is 23.9 Å². The summed E-state index contributed by atoms with van der Waals surface area (Å²) in [4.78, 5) is 76.6. The molecule has 0 aliphatic heterocycles. The van der Waals surface area contributed by atoms with Gasteiger partial charge in [0.25, 0.3) is 28.4 Å². The summed E-state index contributed by atoms with van der Waals surface area (Å²) in [6.45, 7) is 1.39. The molecule has 0 spiro atoms. The number of rotatable bonds is 10. The van der Waals surface area contributed by atoms with E-state index < -0.39 is 40.1 Å². The molecule has 16 heteroatoms. The Morgan fingerprint density at radius 2 is 1.64 bits per heavy atom. The van der Waals surface area contributed by atoms with E-state index in [-0.39, 0.29) is 59.3 Å². The average molecular weight is 603 g/mol. The molecule has 224 valence electrons. The molecule has 0 radical (unpaired) electrons. The van der Waals surface area contributed by atoms with Gasteiger partial charge in [0.05, 0.1) is 5.56 Å². The maximum atomic E-state index is 14.4. The van der Waals surface area contributed by atoms with E-state index in [0.29, 0.717) is 16.7 Å². The summed E-state index contributed by atoms with van der Waals surface area (Å²) in [7, 11) is 0. The minimum absolute atomic E-state index is 0.0252. The number of carbonyl (C=O) groups is 3. The first kappa shape index (κ1) is 29.3. The molecule has 0 atom stereocenters. The first-order valence-electron chi connectivity index (χ1n) is 12.9. The Labute approximate surface area is 245 Å². The quantitative estimate of drug-likeness (QED) is 0.118. The smallest absolute Gasteiger partial charge is 0.349 e. The Kier molecular flexibility index (Phi) is 7.72. The highest BCUT2D eigenvalue weighted by Gasteiger charge is 2.21. The van der Waals surface area contributed by atoms with Gasteiger partial charge in [-0.15, -0.1) is 5.10 Å². The number of fused-ring (bicyclic) bond motifs is 1. The predicted molar refractivity (Wildman–Crippen MR) is 154 cm³/mol. The van der Waals surface area contributed by atoms with Crippen molar-refractivity contribution in [3.63, 3.8) is 0 Å². The number of aromatic amines is 1. The van der Waals surface area contributed by atoms with E-state index in [1.54, 1.807) is 19.1 Å². The van der Waals surface area contributed by atoms with Crippen molar-refractivity contribution >= 4 is 34.9 Å². The minimum atomic E-state index is -1.07. The van der Waals surface area contributed by atoms with Gasteiger partial charge in [-0.2, -0.15) is 0 Å². The van der Waals surface area contributed by atoms with Crippen LogP contribution in [-0.4, -0.2) is 42.5 Å². The summed E-state index contributed by atoms with van der Waals surface area (Å²) in [5.41, 5.74) is 4.19. The molecule has 7 N–H and O–H groups in total. The van der Waals surface area contributed by atoms with Gasteiger partial charge < -0.3 is 26.8 Å². The van der Waals surface area contributed by atoms with E-state index in [9.17, 15) is 38.3 Å². The van der Waals surface area contributed by atoms with Crippen LogP contribution in [0.1, 0.15) is 53.6 Å². The van der Waals surface area contributed by atoms with Crippen molar-refractivity contribution in [1.82, 2.24) is 30.2 Å². The fourth-order valence-electron chi connectivity index (χ4n) is 4.46. The number of nitrogens with zero attached hydrogens (tertiary/aromatic N) is 3. The topological polar surface area (TPSA) is 231 Å². The van der Waals surface area contributed by atoms with Crippen LogP contribution in [0.5, 0.6) is 0 Å². The van der Waals surface area contributed by atoms with Gasteiger partial charge in [0.15, 0.2) is 0 Å². The number of carbonyl (C=O) groups excluding carboxylic acids is 2. The number of H-pyrrole nitrogens is 1. The number of aromatic carboxylic acids is 1. The highest BCUT2D eigenvalue weighted by molar-refractivity contribution is 5.98. The van der Waals surface area contributed by atoms with Gasteiger partial charge >= 0.3 is 11.7 Å². The van der Waals surface area contributed by atoms with Gasteiger partial charge in [0.1, 0.15) is 28.6 Å². The van der Waals surface area contributed by atoms with Crippen molar-refractivity contribution in [3.8, 4) is 0 Å². The second-order valence-electron chi connectivity index (χ2n) is 9.74. The lowest BCUT2D eigenvalue weighted by Crippen LogP contribution is -2.37. The Bertz CT molecular complexity index is 2110. The van der Waals surface area contributed by atoms with Crippen LogP contribution >= 0.6 is 0 Å². The number of nitrogen functional groups attached to an aromatic ring is 1. The molecule has 0 saturated heterocycles. The number of amides is 2. The monoisotopic (exact) mass is 602 g/mol. The van der Waals surface area contributed by atoms with Crippen LogP contribution in [0.2, 0.25) is 0 Å². The number of hydrogen-bond donors (Lipinski definition) is 6. The molecule has 0 aliphatic carbocycles. The molecule has 0 saturated carbocycles. The summed E-state index contributed by atoms with van der Waals surface area (Å²) in [5, 5.41) is 23.0. The van der Waals surface area contributed by atoms with Crippen molar-refractivity contribution in [2.24, 2.45) is 0 Å².